The third-order valence-electron chi connectivity index (χ3n) is 3.24. The van der Waals surface area contributed by atoms with Gasteiger partial charge in [-0.15, -0.1) is 0 Å². The number of aldehydes is 1. The molecule has 3 rings (SSSR count). The van der Waals surface area contributed by atoms with Crippen LogP contribution in [0.1, 0.15) is 20.7 Å². The van der Waals surface area contributed by atoms with Gasteiger partial charge in [-0.05, 0) is 36.4 Å². The predicted octanol–water partition coefficient (Wildman–Crippen LogP) is 3.93. The number of carbonyl (C=O) groups excluding carboxylic acids is 2. The minimum absolute atomic E-state index is 0.325. The van der Waals surface area contributed by atoms with Crippen molar-refractivity contribution in [3.8, 4) is 0 Å². The molecule has 0 spiro atoms. The fourth-order valence-corrected chi connectivity index (χ4v) is 2.54. The number of halogens is 2. The molecule has 0 aliphatic heterocycles. The van der Waals surface area contributed by atoms with Gasteiger partial charge in [-0.2, -0.15) is 0 Å². The van der Waals surface area contributed by atoms with E-state index in [4.69, 9.17) is 11.6 Å². The van der Waals surface area contributed by atoms with E-state index >= 15 is 0 Å². The highest BCUT2D eigenvalue weighted by atomic mass is 35.5. The van der Waals surface area contributed by atoms with Gasteiger partial charge >= 0.3 is 0 Å². The fourth-order valence-electron chi connectivity index (χ4n) is 2.26. The molecule has 0 saturated heterocycles. The summed E-state index contributed by atoms with van der Waals surface area (Å²) in [4.78, 5) is 23.7. The van der Waals surface area contributed by atoms with Crippen molar-refractivity contribution < 1.29 is 14.0 Å². The number of benzene rings is 2. The Bertz CT molecular complexity index is 853. The number of rotatable bonds is 2. The first-order valence-corrected chi connectivity index (χ1v) is 6.54. The van der Waals surface area contributed by atoms with Crippen LogP contribution in [0.5, 0.6) is 0 Å². The second-order valence-electron chi connectivity index (χ2n) is 4.52. The standard InChI is InChI=1S/C16H9ClFNO2/c17-13-2-1-3-14-15(13)11(9-20)8-19(14)16(21)10-4-6-12(18)7-5-10/h1-9H. The molecule has 0 aliphatic carbocycles. The van der Waals surface area contributed by atoms with Crippen LogP contribution in [0, 0.1) is 5.82 Å². The van der Waals surface area contributed by atoms with Crippen molar-refractivity contribution in [3.05, 3.63) is 70.6 Å². The quantitative estimate of drug-likeness (QED) is 0.673. The summed E-state index contributed by atoms with van der Waals surface area (Å²) in [6.07, 6.45) is 2.10. The lowest BCUT2D eigenvalue weighted by Gasteiger charge is -2.04. The van der Waals surface area contributed by atoms with E-state index < -0.39 is 5.82 Å². The molecule has 2 aromatic carbocycles. The number of carbonyl (C=O) groups is 2. The van der Waals surface area contributed by atoms with Crippen molar-refractivity contribution in [1.82, 2.24) is 4.57 Å². The van der Waals surface area contributed by atoms with Crippen LogP contribution in [0.2, 0.25) is 5.02 Å². The lowest BCUT2D eigenvalue weighted by atomic mass is 10.2. The highest BCUT2D eigenvalue weighted by Gasteiger charge is 2.16. The van der Waals surface area contributed by atoms with E-state index in [0.29, 0.717) is 33.3 Å². The molecule has 0 radical (unpaired) electrons. The molecular weight excluding hydrogens is 293 g/mol. The maximum atomic E-state index is 12.9. The van der Waals surface area contributed by atoms with E-state index in [2.05, 4.69) is 0 Å². The first-order chi connectivity index (χ1) is 10.1. The lowest BCUT2D eigenvalue weighted by molar-refractivity contribution is 0.0965. The molecule has 1 heterocycles. The molecule has 1 aromatic heterocycles. The molecule has 104 valence electrons. The second-order valence-corrected chi connectivity index (χ2v) is 4.93. The first kappa shape index (κ1) is 13.5. The Morgan fingerprint density at radius 3 is 2.52 bits per heavy atom. The average Bonchev–Trinajstić information content (AvgIpc) is 2.87. The van der Waals surface area contributed by atoms with Crippen molar-refractivity contribution in [3.63, 3.8) is 0 Å². The van der Waals surface area contributed by atoms with Crippen LogP contribution in [0.3, 0.4) is 0 Å². The molecule has 3 nitrogen and oxygen atoms in total. The van der Waals surface area contributed by atoms with Gasteiger partial charge in [0.1, 0.15) is 5.82 Å². The van der Waals surface area contributed by atoms with Gasteiger partial charge < -0.3 is 0 Å². The van der Waals surface area contributed by atoms with Crippen LogP contribution >= 0.6 is 11.6 Å². The lowest BCUT2D eigenvalue weighted by Crippen LogP contribution is -2.10. The zero-order valence-corrected chi connectivity index (χ0v) is 11.5. The summed E-state index contributed by atoms with van der Waals surface area (Å²) in [5, 5.41) is 0.935. The van der Waals surface area contributed by atoms with Crippen LogP contribution < -0.4 is 0 Å². The summed E-state index contributed by atoms with van der Waals surface area (Å²) < 4.78 is 14.3. The van der Waals surface area contributed by atoms with E-state index in [1.165, 1.54) is 35.0 Å². The van der Waals surface area contributed by atoms with Crippen LogP contribution in [-0.2, 0) is 0 Å². The number of hydrogen-bond donors (Lipinski definition) is 0. The maximum absolute atomic E-state index is 12.9. The number of aromatic nitrogens is 1. The summed E-state index contributed by atoms with van der Waals surface area (Å²) in [7, 11) is 0. The molecule has 0 bridgehead atoms. The topological polar surface area (TPSA) is 39.1 Å². The Morgan fingerprint density at radius 2 is 1.86 bits per heavy atom. The van der Waals surface area contributed by atoms with Crippen LogP contribution in [0.25, 0.3) is 10.9 Å². The molecule has 0 atom stereocenters. The molecule has 5 heteroatoms. The van der Waals surface area contributed by atoms with Crippen molar-refractivity contribution in [2.75, 3.05) is 0 Å². The van der Waals surface area contributed by atoms with Crippen molar-refractivity contribution in [2.45, 2.75) is 0 Å². The van der Waals surface area contributed by atoms with Crippen LogP contribution in [0.4, 0.5) is 4.39 Å². The summed E-state index contributed by atoms with van der Waals surface area (Å²) in [5.41, 5.74) is 1.20. The average molecular weight is 302 g/mol. The van der Waals surface area contributed by atoms with E-state index in [1.807, 2.05) is 0 Å². The first-order valence-electron chi connectivity index (χ1n) is 6.17. The Labute approximate surface area is 124 Å². The van der Waals surface area contributed by atoms with Gasteiger partial charge in [0.25, 0.3) is 5.91 Å². The zero-order valence-electron chi connectivity index (χ0n) is 10.7. The highest BCUT2D eigenvalue weighted by molar-refractivity contribution is 6.36. The molecule has 0 aliphatic rings. The largest absolute Gasteiger partial charge is 0.298 e. The SMILES string of the molecule is O=Cc1cn(C(=O)c2ccc(F)cc2)c2cccc(Cl)c12. The van der Waals surface area contributed by atoms with Crippen molar-refractivity contribution in [1.29, 1.82) is 0 Å². The van der Waals surface area contributed by atoms with Gasteiger partial charge in [0.15, 0.2) is 6.29 Å². The number of hydrogen-bond acceptors (Lipinski definition) is 2. The minimum atomic E-state index is -0.416. The van der Waals surface area contributed by atoms with E-state index in [9.17, 15) is 14.0 Å². The van der Waals surface area contributed by atoms with Gasteiger partial charge in [-0.3, -0.25) is 14.2 Å². The van der Waals surface area contributed by atoms with Gasteiger partial charge in [0, 0.05) is 22.7 Å². The highest BCUT2D eigenvalue weighted by Crippen LogP contribution is 2.28. The summed E-state index contributed by atoms with van der Waals surface area (Å²) >= 11 is 6.09. The smallest absolute Gasteiger partial charge is 0.262 e. The number of nitrogens with zero attached hydrogens (tertiary/aromatic N) is 1. The molecule has 0 N–H and O–H groups in total. The molecule has 0 fully saturated rings. The summed E-state index contributed by atoms with van der Waals surface area (Å²) in [5.74, 6) is -0.768. The molecule has 21 heavy (non-hydrogen) atoms. The second kappa shape index (κ2) is 5.14. The molecule has 3 aromatic rings. The Kier molecular flexibility index (Phi) is 3.31. The van der Waals surface area contributed by atoms with Gasteiger partial charge in [-0.25, -0.2) is 4.39 Å². The van der Waals surface area contributed by atoms with E-state index in [0.717, 1.165) is 0 Å². The molecular formula is C16H9ClFNO2. The molecule has 0 unspecified atom stereocenters. The van der Waals surface area contributed by atoms with Crippen LogP contribution in [-0.4, -0.2) is 16.8 Å². The number of fused-ring (bicyclic) bond motifs is 1. The third kappa shape index (κ3) is 2.23. The molecule has 0 amide bonds. The van der Waals surface area contributed by atoms with Gasteiger partial charge in [0.2, 0.25) is 0 Å². The van der Waals surface area contributed by atoms with E-state index in [-0.39, 0.29) is 5.91 Å². The zero-order chi connectivity index (χ0) is 15.0. The van der Waals surface area contributed by atoms with E-state index in [1.54, 1.807) is 18.2 Å². The van der Waals surface area contributed by atoms with Gasteiger partial charge in [0.05, 0.1) is 10.5 Å². The van der Waals surface area contributed by atoms with Crippen LogP contribution in [0.15, 0.2) is 48.7 Å². The summed E-state index contributed by atoms with van der Waals surface area (Å²) in [6, 6.07) is 10.3. The fraction of sp³-hybridized carbons (Fsp3) is 0. The maximum Gasteiger partial charge on any atom is 0.262 e. The Balaban J connectivity index is 2.21. The van der Waals surface area contributed by atoms with Crippen molar-refractivity contribution >= 4 is 34.7 Å². The van der Waals surface area contributed by atoms with Crippen molar-refractivity contribution in [2.24, 2.45) is 0 Å². The summed E-state index contributed by atoms with van der Waals surface area (Å²) in [6.45, 7) is 0. The third-order valence-corrected chi connectivity index (χ3v) is 3.56. The Morgan fingerprint density at radius 1 is 1.14 bits per heavy atom. The monoisotopic (exact) mass is 301 g/mol. The predicted molar refractivity (Wildman–Crippen MR) is 78.5 cm³/mol. The Hall–Kier alpha value is -2.46. The minimum Gasteiger partial charge on any atom is -0.298 e. The molecule has 0 saturated carbocycles. The van der Waals surface area contributed by atoms with Gasteiger partial charge in [-0.1, -0.05) is 17.7 Å². The normalized spacial score (nSPS) is 10.8.